The molecule has 0 aliphatic carbocycles. The van der Waals surface area contributed by atoms with Crippen LogP contribution < -0.4 is 15.4 Å². The summed E-state index contributed by atoms with van der Waals surface area (Å²) in [5.74, 6) is 0.778. The van der Waals surface area contributed by atoms with Crippen molar-refractivity contribution >= 4 is 40.0 Å². The summed E-state index contributed by atoms with van der Waals surface area (Å²) < 4.78 is 25.5. The highest BCUT2D eigenvalue weighted by atomic mass is 127. The number of hydrogen-bond acceptors (Lipinski definition) is 4. The Morgan fingerprint density at radius 3 is 2.30 bits per heavy atom. The summed E-state index contributed by atoms with van der Waals surface area (Å²) in [4.78, 5) is 6.74. The van der Waals surface area contributed by atoms with Gasteiger partial charge in [-0.15, -0.1) is 24.0 Å². The third-order valence-corrected chi connectivity index (χ3v) is 5.88. The average Bonchev–Trinajstić information content (AvgIpc) is 2.66. The molecule has 7 nitrogen and oxygen atoms in total. The van der Waals surface area contributed by atoms with Crippen LogP contribution in [0.4, 0.5) is 0 Å². The molecule has 0 bridgehead atoms. The standard InChI is InChI=1S/C18H31N5O2S.HI/c1-19-18(21-10-13-23-11-4-3-5-12-23)22-14-16-6-8-17(9-7-16)15-26(24,25)20-2;/h6-9,20H,3-5,10-15H2,1-2H3,(H2,19,21,22);1H. The van der Waals surface area contributed by atoms with E-state index in [0.29, 0.717) is 6.54 Å². The van der Waals surface area contributed by atoms with Gasteiger partial charge in [-0.1, -0.05) is 30.7 Å². The minimum atomic E-state index is -3.23. The summed E-state index contributed by atoms with van der Waals surface area (Å²) in [6.07, 6.45) is 3.96. The van der Waals surface area contributed by atoms with Crippen LogP contribution in [0.2, 0.25) is 0 Å². The van der Waals surface area contributed by atoms with E-state index in [1.807, 2.05) is 24.3 Å². The molecule has 1 aromatic rings. The fraction of sp³-hybridized carbons (Fsp3) is 0.611. The van der Waals surface area contributed by atoms with E-state index in [9.17, 15) is 8.42 Å². The first-order valence-electron chi connectivity index (χ1n) is 9.18. The molecule has 0 spiro atoms. The molecule has 27 heavy (non-hydrogen) atoms. The smallest absolute Gasteiger partial charge is 0.215 e. The van der Waals surface area contributed by atoms with E-state index in [-0.39, 0.29) is 29.7 Å². The second-order valence-corrected chi connectivity index (χ2v) is 8.46. The van der Waals surface area contributed by atoms with Gasteiger partial charge >= 0.3 is 0 Å². The maximum atomic E-state index is 11.6. The van der Waals surface area contributed by atoms with Gasteiger partial charge in [0.2, 0.25) is 10.0 Å². The second-order valence-electron chi connectivity index (χ2n) is 6.53. The largest absolute Gasteiger partial charge is 0.355 e. The summed E-state index contributed by atoms with van der Waals surface area (Å²) >= 11 is 0. The SMILES string of the molecule is CN=C(NCCN1CCCCC1)NCc1ccc(CS(=O)(=O)NC)cc1.I. The second kappa shape index (κ2) is 12.5. The van der Waals surface area contributed by atoms with Crippen molar-refractivity contribution in [2.24, 2.45) is 4.99 Å². The molecule has 1 aliphatic heterocycles. The van der Waals surface area contributed by atoms with Gasteiger partial charge in [-0.05, 0) is 44.1 Å². The number of guanidine groups is 1. The monoisotopic (exact) mass is 509 g/mol. The zero-order valence-electron chi connectivity index (χ0n) is 16.2. The number of nitrogens with zero attached hydrogens (tertiary/aromatic N) is 2. The highest BCUT2D eigenvalue weighted by molar-refractivity contribution is 14.0. The van der Waals surface area contributed by atoms with Gasteiger partial charge in [0, 0.05) is 26.7 Å². The fourth-order valence-corrected chi connectivity index (χ4v) is 3.74. The van der Waals surface area contributed by atoms with E-state index in [1.54, 1.807) is 7.05 Å². The Morgan fingerprint density at radius 2 is 1.70 bits per heavy atom. The van der Waals surface area contributed by atoms with Gasteiger partial charge in [-0.3, -0.25) is 4.99 Å². The first kappa shape index (κ1) is 24.1. The van der Waals surface area contributed by atoms with E-state index >= 15 is 0 Å². The van der Waals surface area contributed by atoms with Crippen molar-refractivity contribution in [3.63, 3.8) is 0 Å². The number of sulfonamides is 1. The van der Waals surface area contributed by atoms with Gasteiger partial charge in [0.1, 0.15) is 0 Å². The molecule has 0 aromatic heterocycles. The molecule has 0 radical (unpaired) electrons. The molecule has 1 heterocycles. The molecule has 0 amide bonds. The lowest BCUT2D eigenvalue weighted by Gasteiger charge is -2.26. The Hall–Kier alpha value is -0.910. The first-order valence-corrected chi connectivity index (χ1v) is 10.8. The number of hydrogen-bond donors (Lipinski definition) is 3. The summed E-state index contributed by atoms with van der Waals surface area (Å²) in [6, 6.07) is 7.57. The molecular weight excluding hydrogens is 477 g/mol. The van der Waals surface area contributed by atoms with Crippen molar-refractivity contribution in [2.75, 3.05) is 40.3 Å². The zero-order chi connectivity index (χ0) is 18.8. The zero-order valence-corrected chi connectivity index (χ0v) is 19.3. The van der Waals surface area contributed by atoms with E-state index in [0.717, 1.165) is 30.2 Å². The van der Waals surface area contributed by atoms with Gasteiger partial charge in [0.25, 0.3) is 0 Å². The van der Waals surface area contributed by atoms with Crippen molar-refractivity contribution in [1.82, 2.24) is 20.3 Å². The van der Waals surface area contributed by atoms with Crippen LogP contribution in [0.5, 0.6) is 0 Å². The van der Waals surface area contributed by atoms with Gasteiger partial charge in [0.05, 0.1) is 5.75 Å². The van der Waals surface area contributed by atoms with E-state index in [1.165, 1.54) is 39.4 Å². The first-order chi connectivity index (χ1) is 12.5. The summed E-state index contributed by atoms with van der Waals surface area (Å²) in [5, 5.41) is 6.64. The van der Waals surface area contributed by atoms with Crippen LogP contribution in [0, 0.1) is 0 Å². The predicted molar refractivity (Wildman–Crippen MR) is 122 cm³/mol. The fourth-order valence-electron chi connectivity index (χ4n) is 2.97. The Morgan fingerprint density at radius 1 is 1.07 bits per heavy atom. The maximum absolute atomic E-state index is 11.6. The van der Waals surface area contributed by atoms with Crippen molar-refractivity contribution in [3.05, 3.63) is 35.4 Å². The molecule has 9 heteroatoms. The molecule has 0 saturated carbocycles. The van der Waals surface area contributed by atoms with Gasteiger partial charge in [-0.25, -0.2) is 13.1 Å². The third-order valence-electron chi connectivity index (χ3n) is 4.54. The Balaban J connectivity index is 0.00000364. The van der Waals surface area contributed by atoms with Crippen molar-refractivity contribution in [1.29, 1.82) is 0 Å². The molecule has 3 N–H and O–H groups in total. The molecule has 1 aromatic carbocycles. The molecular formula is C18H32IN5O2S. The molecule has 2 rings (SSSR count). The molecule has 0 atom stereocenters. The van der Waals surface area contributed by atoms with Gasteiger partial charge in [-0.2, -0.15) is 0 Å². The van der Waals surface area contributed by atoms with Crippen LogP contribution in [0.25, 0.3) is 0 Å². The summed E-state index contributed by atoms with van der Waals surface area (Å²) in [7, 11) is -0.0396. The quantitative estimate of drug-likeness (QED) is 0.281. The molecule has 1 aliphatic rings. The lowest BCUT2D eigenvalue weighted by Crippen LogP contribution is -2.42. The Kier molecular flexibility index (Phi) is 11.2. The Bertz CT molecular complexity index is 673. The third kappa shape index (κ3) is 9.22. The minimum absolute atomic E-state index is 0. The number of aliphatic imine (C=N–C) groups is 1. The predicted octanol–water partition coefficient (Wildman–Crippen LogP) is 1.50. The van der Waals surface area contributed by atoms with Gasteiger partial charge in [0.15, 0.2) is 5.96 Å². The lowest BCUT2D eigenvalue weighted by molar-refractivity contribution is 0.232. The average molecular weight is 509 g/mol. The molecule has 1 saturated heterocycles. The molecule has 0 unspecified atom stereocenters. The molecule has 1 fully saturated rings. The van der Waals surface area contributed by atoms with Crippen LogP contribution in [-0.2, 0) is 22.3 Å². The van der Waals surface area contributed by atoms with Crippen LogP contribution in [0.1, 0.15) is 30.4 Å². The van der Waals surface area contributed by atoms with Crippen LogP contribution in [0.3, 0.4) is 0 Å². The Labute approximate surface area is 180 Å². The van der Waals surface area contributed by atoms with Crippen molar-refractivity contribution in [3.8, 4) is 0 Å². The number of benzene rings is 1. The summed E-state index contributed by atoms with van der Waals surface area (Å²) in [5.41, 5.74) is 1.85. The van der Waals surface area contributed by atoms with Gasteiger partial charge < -0.3 is 15.5 Å². The van der Waals surface area contributed by atoms with E-state index in [2.05, 4.69) is 25.2 Å². The topological polar surface area (TPSA) is 85.8 Å². The van der Waals surface area contributed by atoms with Crippen LogP contribution in [0.15, 0.2) is 29.3 Å². The number of nitrogens with one attached hydrogen (secondary N) is 3. The maximum Gasteiger partial charge on any atom is 0.215 e. The number of halogens is 1. The van der Waals surface area contributed by atoms with Crippen molar-refractivity contribution < 1.29 is 8.42 Å². The van der Waals surface area contributed by atoms with E-state index < -0.39 is 10.0 Å². The highest BCUT2D eigenvalue weighted by Crippen LogP contribution is 2.08. The summed E-state index contributed by atoms with van der Waals surface area (Å²) in [6.45, 7) is 4.95. The lowest BCUT2D eigenvalue weighted by atomic mass is 10.1. The minimum Gasteiger partial charge on any atom is -0.355 e. The van der Waals surface area contributed by atoms with Crippen molar-refractivity contribution in [2.45, 2.75) is 31.6 Å². The molecule has 154 valence electrons. The van der Waals surface area contributed by atoms with Crippen LogP contribution in [-0.4, -0.2) is 59.6 Å². The number of piperidine rings is 1. The van der Waals surface area contributed by atoms with E-state index in [4.69, 9.17) is 0 Å². The van der Waals surface area contributed by atoms with Crippen LogP contribution >= 0.6 is 24.0 Å². The number of rotatable bonds is 8. The normalized spacial score (nSPS) is 15.9. The highest BCUT2D eigenvalue weighted by Gasteiger charge is 2.10. The number of likely N-dealkylation sites (tertiary alicyclic amines) is 1.